The van der Waals surface area contributed by atoms with Crippen LogP contribution < -0.4 is 0 Å². The van der Waals surface area contributed by atoms with Gasteiger partial charge in [-0.1, -0.05) is 11.6 Å². The van der Waals surface area contributed by atoms with Crippen LogP contribution in [0.3, 0.4) is 0 Å². The molecule has 122 valence electrons. The molecule has 0 N–H and O–H groups in total. The first-order chi connectivity index (χ1) is 11.1. The monoisotopic (exact) mass is 333 g/mol. The number of piperidine rings is 1. The molecule has 0 aromatic carbocycles. The van der Waals surface area contributed by atoms with Crippen molar-refractivity contribution in [1.29, 1.82) is 0 Å². The molecule has 0 atom stereocenters. The lowest BCUT2D eigenvalue weighted by molar-refractivity contribution is 0.0545. The van der Waals surface area contributed by atoms with E-state index in [4.69, 9.17) is 16.0 Å². The number of carbonyl (C=O) groups excluding carboxylic acids is 1. The van der Waals surface area contributed by atoms with Crippen molar-refractivity contribution in [3.8, 4) is 0 Å². The number of nitrogens with zero attached hydrogens (tertiary/aromatic N) is 3. The molecule has 0 saturated carbocycles. The number of likely N-dealkylation sites (tertiary alicyclic amines) is 1. The molecule has 0 unspecified atom stereocenters. The minimum atomic E-state index is -0.0763. The minimum Gasteiger partial charge on any atom is -0.467 e. The predicted molar refractivity (Wildman–Crippen MR) is 88.3 cm³/mol. The van der Waals surface area contributed by atoms with E-state index in [1.54, 1.807) is 18.4 Å². The van der Waals surface area contributed by atoms with E-state index in [1.807, 2.05) is 17.0 Å². The number of amides is 1. The fourth-order valence-corrected chi connectivity index (χ4v) is 3.01. The van der Waals surface area contributed by atoms with E-state index in [2.05, 4.69) is 16.9 Å². The van der Waals surface area contributed by atoms with Crippen LogP contribution in [0.1, 0.15) is 29.1 Å². The highest BCUT2D eigenvalue weighted by Gasteiger charge is 2.29. The summed E-state index contributed by atoms with van der Waals surface area (Å²) in [6.07, 6.45) is 5.05. The molecule has 5 nitrogen and oxygen atoms in total. The Morgan fingerprint density at radius 1 is 1.39 bits per heavy atom. The first kappa shape index (κ1) is 16.0. The third-order valence-corrected chi connectivity index (χ3v) is 4.47. The fourth-order valence-electron chi connectivity index (χ4n) is 2.89. The molecule has 0 radical (unpaired) electrons. The van der Waals surface area contributed by atoms with Crippen molar-refractivity contribution in [3.63, 3.8) is 0 Å². The molecule has 1 fully saturated rings. The van der Waals surface area contributed by atoms with Crippen molar-refractivity contribution in [3.05, 3.63) is 53.2 Å². The van der Waals surface area contributed by atoms with Gasteiger partial charge in [0.2, 0.25) is 0 Å². The number of rotatable bonds is 4. The maximum atomic E-state index is 12.9. The van der Waals surface area contributed by atoms with Crippen LogP contribution in [-0.2, 0) is 6.54 Å². The zero-order valence-corrected chi connectivity index (χ0v) is 13.9. The molecule has 1 aliphatic heterocycles. The lowest BCUT2D eigenvalue weighted by atomic mass is 10.0. The number of pyridine rings is 1. The zero-order valence-electron chi connectivity index (χ0n) is 13.1. The molecule has 2 aromatic heterocycles. The van der Waals surface area contributed by atoms with Gasteiger partial charge in [-0.05, 0) is 57.2 Å². The summed E-state index contributed by atoms with van der Waals surface area (Å²) < 4.78 is 5.44. The van der Waals surface area contributed by atoms with Crippen molar-refractivity contribution in [2.24, 2.45) is 0 Å². The molecule has 1 aliphatic rings. The van der Waals surface area contributed by atoms with Crippen LogP contribution in [0.15, 0.2) is 41.1 Å². The lowest BCUT2D eigenvalue weighted by Gasteiger charge is -2.36. The number of halogens is 1. The third-order valence-electron chi connectivity index (χ3n) is 4.24. The molecule has 2 aromatic rings. The molecule has 3 heterocycles. The first-order valence-corrected chi connectivity index (χ1v) is 8.15. The number of hydrogen-bond donors (Lipinski definition) is 0. The van der Waals surface area contributed by atoms with Gasteiger partial charge in [0.25, 0.3) is 5.91 Å². The van der Waals surface area contributed by atoms with E-state index >= 15 is 0 Å². The molecule has 0 bridgehead atoms. The second-order valence-corrected chi connectivity index (χ2v) is 6.34. The SMILES string of the molecule is CN1CCC(N(Cc2ccco2)C(=O)c2ccc(Cl)cn2)CC1. The normalized spacial score (nSPS) is 16.4. The second-order valence-electron chi connectivity index (χ2n) is 5.91. The number of hydrogen-bond acceptors (Lipinski definition) is 4. The number of carbonyl (C=O) groups is 1. The van der Waals surface area contributed by atoms with Gasteiger partial charge in [0.1, 0.15) is 11.5 Å². The fraction of sp³-hybridized carbons (Fsp3) is 0.412. The van der Waals surface area contributed by atoms with E-state index < -0.39 is 0 Å². The zero-order chi connectivity index (χ0) is 16.2. The first-order valence-electron chi connectivity index (χ1n) is 7.77. The Morgan fingerprint density at radius 3 is 2.78 bits per heavy atom. The maximum absolute atomic E-state index is 12.9. The summed E-state index contributed by atoms with van der Waals surface area (Å²) in [5.74, 6) is 0.707. The Kier molecular flexibility index (Phi) is 4.98. The van der Waals surface area contributed by atoms with Crippen LogP contribution in [0, 0.1) is 0 Å². The average molecular weight is 334 g/mol. The largest absolute Gasteiger partial charge is 0.467 e. The summed E-state index contributed by atoms with van der Waals surface area (Å²) in [4.78, 5) is 21.3. The van der Waals surface area contributed by atoms with Crippen molar-refractivity contribution in [2.45, 2.75) is 25.4 Å². The van der Waals surface area contributed by atoms with Crippen LogP contribution in [0.5, 0.6) is 0 Å². The van der Waals surface area contributed by atoms with E-state index in [1.165, 1.54) is 6.20 Å². The van der Waals surface area contributed by atoms with Crippen molar-refractivity contribution in [1.82, 2.24) is 14.8 Å². The molecule has 1 amide bonds. The van der Waals surface area contributed by atoms with Crippen molar-refractivity contribution >= 4 is 17.5 Å². The summed E-state index contributed by atoms with van der Waals surface area (Å²) in [6, 6.07) is 7.30. The van der Waals surface area contributed by atoms with Crippen molar-refractivity contribution < 1.29 is 9.21 Å². The van der Waals surface area contributed by atoms with Gasteiger partial charge in [0, 0.05) is 12.2 Å². The smallest absolute Gasteiger partial charge is 0.273 e. The molecule has 0 aliphatic carbocycles. The minimum absolute atomic E-state index is 0.0763. The third kappa shape index (κ3) is 3.92. The summed E-state index contributed by atoms with van der Waals surface area (Å²) in [5.41, 5.74) is 0.417. The molecule has 1 saturated heterocycles. The molecule has 23 heavy (non-hydrogen) atoms. The average Bonchev–Trinajstić information content (AvgIpc) is 3.07. The highest BCUT2D eigenvalue weighted by molar-refractivity contribution is 6.30. The van der Waals surface area contributed by atoms with E-state index in [-0.39, 0.29) is 11.9 Å². The molecule has 3 rings (SSSR count). The Balaban J connectivity index is 1.81. The van der Waals surface area contributed by atoms with E-state index in [0.717, 1.165) is 31.7 Å². The van der Waals surface area contributed by atoms with Gasteiger partial charge in [0.15, 0.2) is 0 Å². The van der Waals surface area contributed by atoms with Gasteiger partial charge in [0.05, 0.1) is 17.8 Å². The van der Waals surface area contributed by atoms with Crippen LogP contribution >= 0.6 is 11.6 Å². The van der Waals surface area contributed by atoms with Gasteiger partial charge < -0.3 is 14.2 Å². The predicted octanol–water partition coefficient (Wildman–Crippen LogP) is 3.06. The Morgan fingerprint density at radius 2 is 2.17 bits per heavy atom. The maximum Gasteiger partial charge on any atom is 0.273 e. The summed E-state index contributed by atoms with van der Waals surface area (Å²) in [6.45, 7) is 2.44. The van der Waals surface area contributed by atoms with E-state index in [9.17, 15) is 4.79 Å². The molecular formula is C17H20ClN3O2. The van der Waals surface area contributed by atoms with Crippen molar-refractivity contribution in [2.75, 3.05) is 20.1 Å². The molecular weight excluding hydrogens is 314 g/mol. The highest BCUT2D eigenvalue weighted by Crippen LogP contribution is 2.21. The van der Waals surface area contributed by atoms with Gasteiger partial charge in [-0.2, -0.15) is 0 Å². The molecule has 6 heteroatoms. The van der Waals surface area contributed by atoms with Gasteiger partial charge in [-0.25, -0.2) is 4.98 Å². The summed E-state index contributed by atoms with van der Waals surface area (Å²) >= 11 is 5.87. The van der Waals surface area contributed by atoms with Gasteiger partial charge in [-0.3, -0.25) is 4.79 Å². The standard InChI is InChI=1S/C17H20ClN3O2/c1-20-8-6-14(7-9-20)21(12-15-3-2-10-23-15)17(22)16-5-4-13(18)11-19-16/h2-5,10-11,14H,6-9,12H2,1H3. The quantitative estimate of drug-likeness (QED) is 0.862. The van der Waals surface area contributed by atoms with E-state index in [0.29, 0.717) is 17.3 Å². The highest BCUT2D eigenvalue weighted by atomic mass is 35.5. The van der Waals surface area contributed by atoms with Gasteiger partial charge >= 0.3 is 0 Å². The summed E-state index contributed by atoms with van der Waals surface area (Å²) in [5, 5.41) is 0.526. The number of aromatic nitrogens is 1. The Bertz CT molecular complexity index is 634. The topological polar surface area (TPSA) is 49.6 Å². The van der Waals surface area contributed by atoms with Crippen LogP contribution in [0.2, 0.25) is 5.02 Å². The Hall–Kier alpha value is -1.85. The van der Waals surface area contributed by atoms with Crippen LogP contribution in [0.4, 0.5) is 0 Å². The number of furan rings is 1. The lowest BCUT2D eigenvalue weighted by Crippen LogP contribution is -2.46. The van der Waals surface area contributed by atoms with Gasteiger partial charge in [-0.15, -0.1) is 0 Å². The van der Waals surface area contributed by atoms with Crippen LogP contribution in [-0.4, -0.2) is 46.9 Å². The molecule has 0 spiro atoms. The Labute approximate surface area is 140 Å². The summed E-state index contributed by atoms with van der Waals surface area (Å²) in [7, 11) is 2.11. The van der Waals surface area contributed by atoms with Crippen LogP contribution in [0.25, 0.3) is 0 Å². The second kappa shape index (κ2) is 7.15.